The second kappa shape index (κ2) is 7.88. The minimum atomic E-state index is -0.467. The molecule has 5 nitrogen and oxygen atoms in total. The number of ether oxygens (including phenoxy) is 2. The first-order valence-electron chi connectivity index (χ1n) is 7.16. The molecule has 1 rings (SSSR count). The largest absolute Gasteiger partial charge is 0.497 e. The monoisotopic (exact) mass is 294 g/mol. The Kier molecular flexibility index (Phi) is 6.49. The van der Waals surface area contributed by atoms with E-state index in [-0.39, 0.29) is 6.04 Å². The summed E-state index contributed by atoms with van der Waals surface area (Å²) >= 11 is 0. The number of methoxy groups -OCH3 is 1. The van der Waals surface area contributed by atoms with Crippen molar-refractivity contribution in [3.63, 3.8) is 0 Å². The van der Waals surface area contributed by atoms with Crippen molar-refractivity contribution in [3.05, 3.63) is 29.8 Å². The van der Waals surface area contributed by atoms with E-state index >= 15 is 0 Å². The smallest absolute Gasteiger partial charge is 0.407 e. The van der Waals surface area contributed by atoms with Gasteiger partial charge in [-0.05, 0) is 45.4 Å². The molecule has 0 saturated heterocycles. The van der Waals surface area contributed by atoms with Gasteiger partial charge in [-0.25, -0.2) is 4.79 Å². The zero-order chi connectivity index (χ0) is 15.9. The topological polar surface area (TPSA) is 59.6 Å². The van der Waals surface area contributed by atoms with Crippen LogP contribution >= 0.6 is 0 Å². The molecular formula is C16H26N2O3. The average molecular weight is 294 g/mol. The summed E-state index contributed by atoms with van der Waals surface area (Å²) in [6, 6.07) is 8.10. The molecule has 0 aliphatic carbocycles. The molecule has 1 amide bonds. The van der Waals surface area contributed by atoms with E-state index in [4.69, 9.17) is 9.47 Å². The van der Waals surface area contributed by atoms with Gasteiger partial charge in [-0.15, -0.1) is 0 Å². The molecule has 0 aliphatic heterocycles. The lowest BCUT2D eigenvalue weighted by atomic mass is 10.1. The normalized spacial score (nSPS) is 12.6. The van der Waals surface area contributed by atoms with Crippen LogP contribution in [0.2, 0.25) is 0 Å². The number of nitrogens with one attached hydrogen (secondary N) is 2. The second-order valence-electron chi connectivity index (χ2n) is 5.88. The zero-order valence-corrected chi connectivity index (χ0v) is 13.5. The highest BCUT2D eigenvalue weighted by Gasteiger charge is 2.15. The van der Waals surface area contributed by atoms with Crippen molar-refractivity contribution in [1.29, 1.82) is 0 Å². The summed E-state index contributed by atoms with van der Waals surface area (Å²) in [5, 5.41) is 6.06. The lowest BCUT2D eigenvalue weighted by Gasteiger charge is -2.20. The molecule has 2 N–H and O–H groups in total. The van der Waals surface area contributed by atoms with Crippen molar-refractivity contribution in [3.8, 4) is 5.75 Å². The van der Waals surface area contributed by atoms with Crippen LogP contribution in [-0.4, -0.2) is 31.9 Å². The number of hydrogen-bond donors (Lipinski definition) is 2. The van der Waals surface area contributed by atoms with E-state index in [0.29, 0.717) is 13.1 Å². The predicted octanol–water partition coefficient (Wildman–Crippen LogP) is 2.87. The van der Waals surface area contributed by atoms with Crippen LogP contribution in [-0.2, 0) is 4.74 Å². The quantitative estimate of drug-likeness (QED) is 0.792. The molecule has 1 aromatic carbocycles. The fourth-order valence-electron chi connectivity index (χ4n) is 1.80. The maximum Gasteiger partial charge on any atom is 0.407 e. The van der Waals surface area contributed by atoms with Crippen LogP contribution in [0.1, 0.15) is 39.3 Å². The minimum absolute atomic E-state index is 0.181. The van der Waals surface area contributed by atoms with E-state index in [1.54, 1.807) is 7.11 Å². The van der Waals surface area contributed by atoms with Gasteiger partial charge in [0.15, 0.2) is 0 Å². The Balaban J connectivity index is 2.30. The van der Waals surface area contributed by atoms with Gasteiger partial charge >= 0.3 is 6.09 Å². The van der Waals surface area contributed by atoms with Gasteiger partial charge in [0.2, 0.25) is 0 Å². The summed E-state index contributed by atoms with van der Waals surface area (Å²) in [6.07, 6.45) is -0.390. The second-order valence-corrected chi connectivity index (χ2v) is 5.88. The van der Waals surface area contributed by atoms with Gasteiger partial charge < -0.3 is 20.1 Å². The molecule has 0 radical (unpaired) electrons. The minimum Gasteiger partial charge on any atom is -0.497 e. The molecule has 21 heavy (non-hydrogen) atoms. The third-order valence-corrected chi connectivity index (χ3v) is 2.84. The average Bonchev–Trinajstić information content (AvgIpc) is 2.41. The van der Waals surface area contributed by atoms with Crippen molar-refractivity contribution < 1.29 is 14.3 Å². The van der Waals surface area contributed by atoms with Gasteiger partial charge in [0.05, 0.1) is 7.11 Å². The van der Waals surface area contributed by atoms with E-state index in [1.165, 1.54) is 0 Å². The summed E-state index contributed by atoms with van der Waals surface area (Å²) < 4.78 is 10.4. The molecule has 0 bridgehead atoms. The van der Waals surface area contributed by atoms with E-state index in [1.807, 2.05) is 45.0 Å². The molecule has 0 fully saturated rings. The van der Waals surface area contributed by atoms with Gasteiger partial charge in [-0.3, -0.25) is 0 Å². The van der Waals surface area contributed by atoms with Crippen LogP contribution in [0.4, 0.5) is 4.79 Å². The Hall–Kier alpha value is -1.75. The van der Waals surface area contributed by atoms with Crippen molar-refractivity contribution in [1.82, 2.24) is 10.6 Å². The van der Waals surface area contributed by atoms with Crippen LogP contribution in [0.25, 0.3) is 0 Å². The first kappa shape index (κ1) is 17.3. The molecule has 0 aromatic heterocycles. The number of alkyl carbamates (subject to hydrolysis) is 1. The Bertz CT molecular complexity index is 455. The highest BCUT2D eigenvalue weighted by Crippen LogP contribution is 2.18. The van der Waals surface area contributed by atoms with E-state index < -0.39 is 11.7 Å². The molecule has 118 valence electrons. The standard InChI is InChI=1S/C16H26N2O3/c1-12(13-7-6-8-14(11-13)20-5)17-9-10-18-15(19)21-16(2,3)4/h6-8,11-12,17H,9-10H2,1-5H3,(H,18,19). The highest BCUT2D eigenvalue weighted by atomic mass is 16.6. The Labute approximate surface area is 127 Å². The molecule has 0 heterocycles. The number of carbonyl (C=O) groups is 1. The van der Waals surface area contributed by atoms with Gasteiger partial charge in [0, 0.05) is 19.1 Å². The summed E-state index contributed by atoms with van der Waals surface area (Å²) in [5.41, 5.74) is 0.678. The molecular weight excluding hydrogens is 268 g/mol. The van der Waals surface area contributed by atoms with Crippen molar-refractivity contribution in [2.45, 2.75) is 39.3 Å². The first-order valence-corrected chi connectivity index (χ1v) is 7.16. The third kappa shape index (κ3) is 6.99. The number of hydrogen-bond acceptors (Lipinski definition) is 4. The van der Waals surface area contributed by atoms with E-state index in [9.17, 15) is 4.79 Å². The SMILES string of the molecule is COc1cccc(C(C)NCCNC(=O)OC(C)(C)C)c1. The predicted molar refractivity (Wildman–Crippen MR) is 83.6 cm³/mol. The lowest BCUT2D eigenvalue weighted by Crippen LogP contribution is -2.36. The van der Waals surface area contributed by atoms with Crippen LogP contribution in [0.5, 0.6) is 5.75 Å². The summed E-state index contributed by atoms with van der Waals surface area (Å²) in [5.74, 6) is 0.841. The third-order valence-electron chi connectivity index (χ3n) is 2.84. The first-order chi connectivity index (χ1) is 9.81. The van der Waals surface area contributed by atoms with Crippen LogP contribution < -0.4 is 15.4 Å². The molecule has 0 aliphatic rings. The number of carbonyl (C=O) groups excluding carboxylic acids is 1. The summed E-state index contributed by atoms with van der Waals surface area (Å²) in [4.78, 5) is 11.5. The van der Waals surface area contributed by atoms with E-state index in [0.717, 1.165) is 11.3 Å². The van der Waals surface area contributed by atoms with Crippen LogP contribution in [0.15, 0.2) is 24.3 Å². The lowest BCUT2D eigenvalue weighted by molar-refractivity contribution is 0.0528. The molecule has 5 heteroatoms. The van der Waals surface area contributed by atoms with Crippen molar-refractivity contribution in [2.75, 3.05) is 20.2 Å². The molecule has 1 atom stereocenters. The van der Waals surface area contributed by atoms with Crippen molar-refractivity contribution >= 4 is 6.09 Å². The van der Waals surface area contributed by atoms with Gasteiger partial charge in [0.25, 0.3) is 0 Å². The highest BCUT2D eigenvalue weighted by molar-refractivity contribution is 5.67. The fraction of sp³-hybridized carbons (Fsp3) is 0.562. The number of amides is 1. The molecule has 1 aromatic rings. The zero-order valence-electron chi connectivity index (χ0n) is 13.5. The summed E-state index contributed by atoms with van der Waals surface area (Å²) in [6.45, 7) is 8.78. The number of rotatable bonds is 6. The molecule has 0 spiro atoms. The maximum absolute atomic E-state index is 11.5. The van der Waals surface area contributed by atoms with Gasteiger partial charge in [-0.1, -0.05) is 12.1 Å². The molecule has 1 unspecified atom stereocenters. The maximum atomic E-state index is 11.5. The Morgan fingerprint density at radius 2 is 2.00 bits per heavy atom. The van der Waals surface area contributed by atoms with Crippen LogP contribution in [0, 0.1) is 0 Å². The number of benzene rings is 1. The Morgan fingerprint density at radius 3 is 2.62 bits per heavy atom. The van der Waals surface area contributed by atoms with Gasteiger partial charge in [0.1, 0.15) is 11.4 Å². The molecule has 0 saturated carbocycles. The van der Waals surface area contributed by atoms with E-state index in [2.05, 4.69) is 17.6 Å². The van der Waals surface area contributed by atoms with Gasteiger partial charge in [-0.2, -0.15) is 0 Å². The summed E-state index contributed by atoms with van der Waals surface area (Å²) in [7, 11) is 1.65. The Morgan fingerprint density at radius 1 is 1.29 bits per heavy atom. The fourth-order valence-corrected chi connectivity index (χ4v) is 1.80. The van der Waals surface area contributed by atoms with Crippen LogP contribution in [0.3, 0.4) is 0 Å². The van der Waals surface area contributed by atoms with Crippen molar-refractivity contribution in [2.24, 2.45) is 0 Å².